The van der Waals surface area contributed by atoms with Crippen molar-refractivity contribution in [1.29, 1.82) is 0 Å². The quantitative estimate of drug-likeness (QED) is 0.808. The molecule has 7 heteroatoms. The number of benzene rings is 1. The van der Waals surface area contributed by atoms with Crippen LogP contribution in [-0.4, -0.2) is 48.2 Å². The molecule has 0 spiro atoms. The SMILES string of the molecule is CC(C)CC(CNC(=O)N1CCOC(c2cccc(Cl)c2)C1)C(=O)O. The lowest BCUT2D eigenvalue weighted by atomic mass is 9.97. The summed E-state index contributed by atoms with van der Waals surface area (Å²) < 4.78 is 5.74. The molecule has 0 radical (unpaired) electrons. The van der Waals surface area contributed by atoms with Gasteiger partial charge in [-0.15, -0.1) is 0 Å². The van der Waals surface area contributed by atoms with E-state index in [9.17, 15) is 14.7 Å². The van der Waals surface area contributed by atoms with Crippen molar-refractivity contribution in [2.75, 3.05) is 26.2 Å². The van der Waals surface area contributed by atoms with E-state index in [1.165, 1.54) is 0 Å². The van der Waals surface area contributed by atoms with Crippen LogP contribution < -0.4 is 5.32 Å². The molecule has 0 saturated carbocycles. The van der Waals surface area contributed by atoms with E-state index in [4.69, 9.17) is 16.3 Å². The fourth-order valence-electron chi connectivity index (χ4n) is 2.91. The van der Waals surface area contributed by atoms with Gasteiger partial charge in [0.1, 0.15) is 6.10 Å². The molecule has 1 aromatic rings. The molecule has 1 heterocycles. The summed E-state index contributed by atoms with van der Waals surface area (Å²) in [5.41, 5.74) is 0.924. The van der Waals surface area contributed by atoms with Crippen molar-refractivity contribution in [3.8, 4) is 0 Å². The Morgan fingerprint density at radius 1 is 1.44 bits per heavy atom. The second kappa shape index (κ2) is 9.06. The maximum absolute atomic E-state index is 12.4. The highest BCUT2D eigenvalue weighted by atomic mass is 35.5. The Kier molecular flexibility index (Phi) is 7.08. The van der Waals surface area contributed by atoms with Crippen LogP contribution in [-0.2, 0) is 9.53 Å². The van der Waals surface area contributed by atoms with Crippen LogP contribution in [0.3, 0.4) is 0 Å². The van der Waals surface area contributed by atoms with Crippen molar-refractivity contribution >= 4 is 23.6 Å². The van der Waals surface area contributed by atoms with Crippen molar-refractivity contribution < 1.29 is 19.4 Å². The number of carboxylic acids is 1. The number of carbonyl (C=O) groups is 2. The van der Waals surface area contributed by atoms with E-state index in [-0.39, 0.29) is 24.6 Å². The van der Waals surface area contributed by atoms with Gasteiger partial charge in [0.15, 0.2) is 0 Å². The van der Waals surface area contributed by atoms with E-state index in [1.54, 1.807) is 11.0 Å². The molecule has 2 amide bonds. The molecule has 6 nitrogen and oxygen atoms in total. The van der Waals surface area contributed by atoms with Crippen LogP contribution in [0, 0.1) is 11.8 Å². The Labute approximate surface area is 153 Å². The number of carbonyl (C=O) groups excluding carboxylic acids is 1. The summed E-state index contributed by atoms with van der Waals surface area (Å²) in [6.07, 6.45) is 0.299. The maximum Gasteiger partial charge on any atom is 0.317 e. The predicted molar refractivity (Wildman–Crippen MR) is 95.7 cm³/mol. The predicted octanol–water partition coefficient (Wildman–Crippen LogP) is 3.17. The van der Waals surface area contributed by atoms with Crippen LogP contribution in [0.1, 0.15) is 31.9 Å². The molecule has 2 atom stereocenters. The number of carboxylic acid groups (broad SMARTS) is 1. The van der Waals surface area contributed by atoms with Crippen LogP contribution >= 0.6 is 11.6 Å². The largest absolute Gasteiger partial charge is 0.481 e. The number of hydrogen-bond donors (Lipinski definition) is 2. The first kappa shape index (κ1) is 19.5. The van der Waals surface area contributed by atoms with Gasteiger partial charge >= 0.3 is 12.0 Å². The Hall–Kier alpha value is -1.79. The lowest BCUT2D eigenvalue weighted by molar-refractivity contribution is -0.142. The topological polar surface area (TPSA) is 78.9 Å². The molecule has 25 heavy (non-hydrogen) atoms. The number of amides is 2. The van der Waals surface area contributed by atoms with Gasteiger partial charge in [0.2, 0.25) is 0 Å². The first-order valence-electron chi connectivity index (χ1n) is 8.49. The van der Waals surface area contributed by atoms with E-state index < -0.39 is 11.9 Å². The van der Waals surface area contributed by atoms with E-state index in [2.05, 4.69) is 5.32 Å². The van der Waals surface area contributed by atoms with E-state index in [1.807, 2.05) is 32.0 Å². The zero-order valence-electron chi connectivity index (χ0n) is 14.6. The van der Waals surface area contributed by atoms with Gasteiger partial charge in [0, 0.05) is 18.1 Å². The van der Waals surface area contributed by atoms with Gasteiger partial charge in [-0.1, -0.05) is 37.6 Å². The van der Waals surface area contributed by atoms with Gasteiger partial charge in [0.25, 0.3) is 0 Å². The molecular weight excluding hydrogens is 344 g/mol. The Balaban J connectivity index is 1.91. The van der Waals surface area contributed by atoms with Crippen LogP contribution in [0.4, 0.5) is 4.79 Å². The third kappa shape index (κ3) is 5.90. The number of aliphatic carboxylic acids is 1. The highest BCUT2D eigenvalue weighted by Gasteiger charge is 2.27. The molecule has 1 aromatic carbocycles. The molecule has 0 bridgehead atoms. The number of morpholine rings is 1. The van der Waals surface area contributed by atoms with E-state index >= 15 is 0 Å². The molecule has 2 unspecified atom stereocenters. The maximum atomic E-state index is 12.4. The zero-order valence-corrected chi connectivity index (χ0v) is 15.3. The monoisotopic (exact) mass is 368 g/mol. The number of urea groups is 1. The van der Waals surface area contributed by atoms with Crippen LogP contribution in [0.2, 0.25) is 5.02 Å². The summed E-state index contributed by atoms with van der Waals surface area (Å²) in [6.45, 7) is 5.38. The second-order valence-electron chi connectivity index (χ2n) is 6.71. The third-order valence-corrected chi connectivity index (χ3v) is 4.41. The lowest BCUT2D eigenvalue weighted by Gasteiger charge is -2.33. The minimum atomic E-state index is -0.882. The van der Waals surface area contributed by atoms with Gasteiger partial charge in [-0.3, -0.25) is 4.79 Å². The summed E-state index contributed by atoms with van der Waals surface area (Å²) in [5, 5.41) is 12.6. The average Bonchev–Trinajstić information content (AvgIpc) is 2.58. The Morgan fingerprint density at radius 3 is 2.84 bits per heavy atom. The number of nitrogens with zero attached hydrogens (tertiary/aromatic N) is 1. The number of hydrogen-bond acceptors (Lipinski definition) is 3. The van der Waals surface area contributed by atoms with Gasteiger partial charge in [-0.25, -0.2) is 4.79 Å². The molecule has 1 saturated heterocycles. The minimum absolute atomic E-state index is 0.130. The summed E-state index contributed by atoms with van der Waals surface area (Å²) in [5.74, 6) is -1.20. The number of halogens is 1. The summed E-state index contributed by atoms with van der Waals surface area (Å²) >= 11 is 6.01. The molecule has 138 valence electrons. The van der Waals surface area contributed by atoms with Gasteiger partial charge in [0.05, 0.1) is 19.1 Å². The lowest BCUT2D eigenvalue weighted by Crippen LogP contribution is -2.48. The van der Waals surface area contributed by atoms with Crippen molar-refractivity contribution in [2.45, 2.75) is 26.4 Å². The Morgan fingerprint density at radius 2 is 2.20 bits per heavy atom. The van der Waals surface area contributed by atoms with Crippen molar-refractivity contribution in [2.24, 2.45) is 11.8 Å². The second-order valence-corrected chi connectivity index (χ2v) is 7.15. The first-order chi connectivity index (χ1) is 11.9. The molecular formula is C18H25ClN2O4. The van der Waals surface area contributed by atoms with Crippen molar-refractivity contribution in [1.82, 2.24) is 10.2 Å². The fraction of sp³-hybridized carbons (Fsp3) is 0.556. The zero-order chi connectivity index (χ0) is 18.4. The molecule has 1 aliphatic heterocycles. The number of nitrogens with one attached hydrogen (secondary N) is 1. The van der Waals surface area contributed by atoms with Crippen molar-refractivity contribution in [3.63, 3.8) is 0 Å². The van der Waals surface area contributed by atoms with Crippen LogP contribution in [0.25, 0.3) is 0 Å². The standard InChI is InChI=1S/C18H25ClN2O4/c1-12(2)8-14(17(22)23)10-20-18(24)21-6-7-25-16(11-21)13-4-3-5-15(19)9-13/h3-5,9,12,14,16H,6-8,10-11H2,1-2H3,(H,20,24)(H,22,23). The summed E-state index contributed by atoms with van der Waals surface area (Å²) in [6, 6.07) is 7.13. The smallest absolute Gasteiger partial charge is 0.317 e. The first-order valence-corrected chi connectivity index (χ1v) is 8.87. The van der Waals surface area contributed by atoms with Gasteiger partial charge in [-0.05, 0) is 30.0 Å². The molecule has 2 rings (SSSR count). The molecule has 1 aliphatic rings. The van der Waals surface area contributed by atoms with Crippen LogP contribution in [0.5, 0.6) is 0 Å². The Bertz CT molecular complexity index is 608. The van der Waals surface area contributed by atoms with Crippen LogP contribution in [0.15, 0.2) is 24.3 Å². The fourth-order valence-corrected chi connectivity index (χ4v) is 3.10. The molecule has 0 aliphatic carbocycles. The highest BCUT2D eigenvalue weighted by Crippen LogP contribution is 2.24. The van der Waals surface area contributed by atoms with Gasteiger partial charge < -0.3 is 20.1 Å². The van der Waals surface area contributed by atoms with E-state index in [0.717, 1.165) is 5.56 Å². The van der Waals surface area contributed by atoms with Gasteiger partial charge in [-0.2, -0.15) is 0 Å². The normalized spacial score (nSPS) is 18.9. The number of ether oxygens (including phenoxy) is 1. The molecule has 2 N–H and O–H groups in total. The van der Waals surface area contributed by atoms with Crippen molar-refractivity contribution in [3.05, 3.63) is 34.9 Å². The average molecular weight is 369 g/mol. The molecule has 1 fully saturated rings. The van der Waals surface area contributed by atoms with E-state index in [0.29, 0.717) is 31.1 Å². The minimum Gasteiger partial charge on any atom is -0.481 e. The third-order valence-electron chi connectivity index (χ3n) is 4.18. The summed E-state index contributed by atoms with van der Waals surface area (Å²) in [7, 11) is 0. The summed E-state index contributed by atoms with van der Waals surface area (Å²) in [4.78, 5) is 25.3. The number of rotatable bonds is 6. The molecule has 0 aromatic heterocycles. The highest BCUT2D eigenvalue weighted by molar-refractivity contribution is 6.30.